The summed E-state index contributed by atoms with van der Waals surface area (Å²) in [7, 11) is 0. The SMILES string of the molecule is CC(=O)N[C@H]1CC[C@@](CO[C@H](C)c2cc(C)cc(C(F)(F)F)c2)(c2ccccc2)NC1. The Morgan fingerprint density at radius 2 is 1.97 bits per heavy atom. The number of ether oxygens (including phenoxy) is 1. The van der Waals surface area contributed by atoms with Crippen LogP contribution in [-0.4, -0.2) is 25.1 Å². The van der Waals surface area contributed by atoms with Crippen LogP contribution < -0.4 is 10.6 Å². The number of amides is 1. The molecule has 2 aromatic carbocycles. The first-order chi connectivity index (χ1) is 14.6. The summed E-state index contributed by atoms with van der Waals surface area (Å²) < 4.78 is 45.8. The fourth-order valence-corrected chi connectivity index (χ4v) is 4.13. The number of rotatable bonds is 6. The van der Waals surface area contributed by atoms with Crippen LogP contribution in [0, 0.1) is 6.92 Å². The van der Waals surface area contributed by atoms with Gasteiger partial charge in [0.05, 0.1) is 23.8 Å². The van der Waals surface area contributed by atoms with Crippen LogP contribution in [0.4, 0.5) is 13.2 Å². The van der Waals surface area contributed by atoms with Gasteiger partial charge in [-0.3, -0.25) is 4.79 Å². The fourth-order valence-electron chi connectivity index (χ4n) is 4.13. The Morgan fingerprint density at radius 3 is 2.55 bits per heavy atom. The molecule has 0 aliphatic carbocycles. The van der Waals surface area contributed by atoms with Crippen molar-refractivity contribution in [1.29, 1.82) is 0 Å². The first-order valence-corrected chi connectivity index (χ1v) is 10.5. The van der Waals surface area contributed by atoms with E-state index in [-0.39, 0.29) is 11.9 Å². The minimum atomic E-state index is -4.39. The Kier molecular flexibility index (Phi) is 7.06. The van der Waals surface area contributed by atoms with Gasteiger partial charge in [-0.15, -0.1) is 0 Å². The van der Waals surface area contributed by atoms with E-state index < -0.39 is 23.4 Å². The van der Waals surface area contributed by atoms with Gasteiger partial charge in [0.2, 0.25) is 5.91 Å². The molecule has 1 aliphatic rings. The number of hydrogen-bond donors (Lipinski definition) is 2. The number of carbonyl (C=O) groups is 1. The van der Waals surface area contributed by atoms with E-state index in [2.05, 4.69) is 10.6 Å². The maximum Gasteiger partial charge on any atom is 0.416 e. The molecule has 0 bridgehead atoms. The van der Waals surface area contributed by atoms with Crippen molar-refractivity contribution >= 4 is 5.91 Å². The van der Waals surface area contributed by atoms with E-state index in [0.29, 0.717) is 24.3 Å². The van der Waals surface area contributed by atoms with Crippen LogP contribution >= 0.6 is 0 Å². The van der Waals surface area contributed by atoms with Crippen LogP contribution in [0.3, 0.4) is 0 Å². The summed E-state index contributed by atoms with van der Waals surface area (Å²) in [6.07, 6.45) is -3.38. The van der Waals surface area contributed by atoms with Crippen molar-refractivity contribution in [2.24, 2.45) is 0 Å². The minimum Gasteiger partial charge on any atom is -0.372 e. The molecule has 0 saturated carbocycles. The Bertz CT molecular complexity index is 891. The van der Waals surface area contributed by atoms with E-state index in [1.165, 1.54) is 6.92 Å². The molecule has 1 fully saturated rings. The highest BCUT2D eigenvalue weighted by atomic mass is 19.4. The lowest BCUT2D eigenvalue weighted by Crippen LogP contribution is -2.57. The van der Waals surface area contributed by atoms with E-state index in [0.717, 1.165) is 30.5 Å². The van der Waals surface area contributed by atoms with E-state index in [1.54, 1.807) is 19.9 Å². The molecular formula is C24H29F3N2O2. The van der Waals surface area contributed by atoms with Gasteiger partial charge in [0.25, 0.3) is 0 Å². The zero-order valence-electron chi connectivity index (χ0n) is 18.1. The molecule has 4 nitrogen and oxygen atoms in total. The van der Waals surface area contributed by atoms with Crippen LogP contribution in [-0.2, 0) is 21.2 Å². The summed E-state index contributed by atoms with van der Waals surface area (Å²) in [6, 6.07) is 14.0. The topological polar surface area (TPSA) is 50.4 Å². The largest absolute Gasteiger partial charge is 0.416 e. The van der Waals surface area contributed by atoms with Crippen molar-refractivity contribution in [1.82, 2.24) is 10.6 Å². The van der Waals surface area contributed by atoms with Gasteiger partial charge in [0, 0.05) is 19.5 Å². The van der Waals surface area contributed by atoms with Gasteiger partial charge in [-0.25, -0.2) is 0 Å². The zero-order chi connectivity index (χ0) is 22.6. The second-order valence-electron chi connectivity index (χ2n) is 8.35. The second-order valence-corrected chi connectivity index (χ2v) is 8.35. The van der Waals surface area contributed by atoms with Gasteiger partial charge in [0.15, 0.2) is 0 Å². The molecule has 2 aromatic rings. The number of piperidine rings is 1. The van der Waals surface area contributed by atoms with E-state index in [4.69, 9.17) is 4.74 Å². The highest BCUT2D eigenvalue weighted by molar-refractivity contribution is 5.73. The summed E-state index contributed by atoms with van der Waals surface area (Å²) in [5, 5.41) is 6.48. The molecule has 3 rings (SSSR count). The van der Waals surface area contributed by atoms with Crippen LogP contribution in [0.25, 0.3) is 0 Å². The van der Waals surface area contributed by atoms with Gasteiger partial charge < -0.3 is 15.4 Å². The molecule has 1 aliphatic heterocycles. The molecule has 7 heteroatoms. The lowest BCUT2D eigenvalue weighted by atomic mass is 9.81. The lowest BCUT2D eigenvalue weighted by Gasteiger charge is -2.42. The van der Waals surface area contributed by atoms with Gasteiger partial charge in [0.1, 0.15) is 0 Å². The van der Waals surface area contributed by atoms with Crippen molar-refractivity contribution in [2.75, 3.05) is 13.2 Å². The van der Waals surface area contributed by atoms with Gasteiger partial charge >= 0.3 is 6.18 Å². The smallest absolute Gasteiger partial charge is 0.372 e. The highest BCUT2D eigenvalue weighted by Gasteiger charge is 2.38. The number of benzene rings is 2. The third-order valence-electron chi connectivity index (χ3n) is 5.82. The molecule has 3 atom stereocenters. The van der Waals surface area contributed by atoms with Crippen LogP contribution in [0.15, 0.2) is 48.5 Å². The predicted octanol–water partition coefficient (Wildman–Crippen LogP) is 4.88. The number of halogens is 3. The molecule has 0 spiro atoms. The molecule has 0 unspecified atom stereocenters. The molecule has 0 radical (unpaired) electrons. The molecule has 1 amide bonds. The summed E-state index contributed by atoms with van der Waals surface area (Å²) in [6.45, 7) is 5.83. The summed E-state index contributed by atoms with van der Waals surface area (Å²) in [5.74, 6) is -0.0659. The standard InChI is InChI=1S/C24H29F3N2O2/c1-16-11-19(13-21(12-16)24(25,26)27)17(2)31-15-23(20-7-5-4-6-8-20)10-9-22(14-28-23)29-18(3)30/h4-8,11-13,17,22,28H,9-10,14-15H2,1-3H3,(H,29,30)/t17-,22+,23-/m1/s1. The Morgan fingerprint density at radius 1 is 1.26 bits per heavy atom. The summed E-state index contributed by atoms with van der Waals surface area (Å²) in [5.41, 5.74) is 0.976. The number of aryl methyl sites for hydroxylation is 1. The third-order valence-corrected chi connectivity index (χ3v) is 5.82. The van der Waals surface area contributed by atoms with E-state index in [9.17, 15) is 18.0 Å². The maximum atomic E-state index is 13.2. The van der Waals surface area contributed by atoms with Gasteiger partial charge in [-0.1, -0.05) is 42.0 Å². The molecule has 1 heterocycles. The van der Waals surface area contributed by atoms with Crippen molar-refractivity contribution in [3.8, 4) is 0 Å². The summed E-state index contributed by atoms with van der Waals surface area (Å²) in [4.78, 5) is 11.4. The third kappa shape index (κ3) is 5.86. The van der Waals surface area contributed by atoms with Crippen molar-refractivity contribution in [3.63, 3.8) is 0 Å². The highest BCUT2D eigenvalue weighted by Crippen LogP contribution is 2.35. The van der Waals surface area contributed by atoms with Crippen LogP contribution in [0.1, 0.15) is 55.0 Å². The first kappa shape index (κ1) is 23.3. The molecular weight excluding hydrogens is 405 g/mol. The van der Waals surface area contributed by atoms with Crippen LogP contribution in [0.5, 0.6) is 0 Å². The Balaban J connectivity index is 1.77. The Hall–Kier alpha value is -2.38. The Labute approximate surface area is 181 Å². The average molecular weight is 435 g/mol. The molecule has 2 N–H and O–H groups in total. The molecule has 31 heavy (non-hydrogen) atoms. The lowest BCUT2D eigenvalue weighted by molar-refractivity contribution is -0.137. The number of hydrogen-bond acceptors (Lipinski definition) is 3. The predicted molar refractivity (Wildman–Crippen MR) is 114 cm³/mol. The molecule has 0 aromatic heterocycles. The van der Waals surface area contributed by atoms with Gasteiger partial charge in [-0.2, -0.15) is 13.2 Å². The normalized spacial score (nSPS) is 22.7. The fraction of sp³-hybridized carbons (Fsp3) is 0.458. The van der Waals surface area contributed by atoms with Crippen molar-refractivity contribution < 1.29 is 22.7 Å². The van der Waals surface area contributed by atoms with Crippen LogP contribution in [0.2, 0.25) is 0 Å². The number of nitrogens with one attached hydrogen (secondary N) is 2. The van der Waals surface area contributed by atoms with Crippen molar-refractivity contribution in [2.45, 2.75) is 57.5 Å². The number of alkyl halides is 3. The number of carbonyl (C=O) groups excluding carboxylic acids is 1. The molecule has 168 valence electrons. The van der Waals surface area contributed by atoms with E-state index in [1.807, 2.05) is 30.3 Å². The quantitative estimate of drug-likeness (QED) is 0.682. The summed E-state index contributed by atoms with van der Waals surface area (Å²) >= 11 is 0. The van der Waals surface area contributed by atoms with Crippen molar-refractivity contribution in [3.05, 3.63) is 70.8 Å². The maximum absolute atomic E-state index is 13.2. The zero-order valence-corrected chi connectivity index (χ0v) is 18.1. The monoisotopic (exact) mass is 434 g/mol. The minimum absolute atomic E-state index is 0.0397. The molecule has 1 saturated heterocycles. The van der Waals surface area contributed by atoms with Gasteiger partial charge in [-0.05, 0) is 49.9 Å². The first-order valence-electron chi connectivity index (χ1n) is 10.5. The second kappa shape index (κ2) is 9.40. The van der Waals surface area contributed by atoms with E-state index >= 15 is 0 Å². The average Bonchev–Trinajstić information content (AvgIpc) is 2.72.